The number of H-pyrrole nitrogens is 1. The second kappa shape index (κ2) is 7.13. The van der Waals surface area contributed by atoms with Crippen molar-refractivity contribution >= 4 is 0 Å². The predicted molar refractivity (Wildman–Crippen MR) is 95.2 cm³/mol. The van der Waals surface area contributed by atoms with E-state index in [0.29, 0.717) is 22.9 Å². The van der Waals surface area contributed by atoms with Gasteiger partial charge >= 0.3 is 6.36 Å². The summed E-state index contributed by atoms with van der Waals surface area (Å²) >= 11 is 0. The molecule has 0 aliphatic carbocycles. The molecule has 2 aromatic heterocycles. The number of halogens is 3. The van der Waals surface area contributed by atoms with Crippen LogP contribution in [0.2, 0.25) is 0 Å². The molecule has 1 unspecified atom stereocenters. The van der Waals surface area contributed by atoms with Crippen molar-refractivity contribution in [2.75, 3.05) is 0 Å². The number of pyridine rings is 1. The standard InChI is InChI=1S/C19H15F3N4O3/c1-18(12-2-4-13(5-3-12)28-19(20,21)22)10-17(26-29-18)27-14-6-7-15(23-11-14)16-8-9-24-25-16/h2-11,26H,1H3,(H,24,25). The third-order valence-electron chi connectivity index (χ3n) is 4.17. The predicted octanol–water partition coefficient (Wildman–Crippen LogP) is 4.04. The van der Waals surface area contributed by atoms with Crippen LogP contribution in [-0.2, 0) is 10.4 Å². The molecule has 10 heteroatoms. The second-order valence-electron chi connectivity index (χ2n) is 6.34. The van der Waals surface area contributed by atoms with Crippen LogP contribution < -0.4 is 15.0 Å². The van der Waals surface area contributed by atoms with Gasteiger partial charge in [-0.25, -0.2) is 5.48 Å². The summed E-state index contributed by atoms with van der Waals surface area (Å²) in [4.78, 5) is 9.87. The molecule has 1 aliphatic heterocycles. The minimum atomic E-state index is -4.74. The van der Waals surface area contributed by atoms with Crippen LogP contribution in [0.1, 0.15) is 12.5 Å². The van der Waals surface area contributed by atoms with Gasteiger partial charge in [0.1, 0.15) is 17.1 Å². The number of aromatic amines is 1. The summed E-state index contributed by atoms with van der Waals surface area (Å²) in [6.45, 7) is 1.75. The van der Waals surface area contributed by atoms with Crippen molar-refractivity contribution in [3.8, 4) is 22.9 Å². The Balaban J connectivity index is 1.45. The van der Waals surface area contributed by atoms with Gasteiger partial charge in [0, 0.05) is 12.3 Å². The average Bonchev–Trinajstić information content (AvgIpc) is 3.33. The quantitative estimate of drug-likeness (QED) is 0.668. The minimum absolute atomic E-state index is 0.306. The van der Waals surface area contributed by atoms with E-state index in [0.717, 1.165) is 5.69 Å². The zero-order valence-corrected chi connectivity index (χ0v) is 15.0. The Labute approximate surface area is 163 Å². The number of hydrogen-bond donors (Lipinski definition) is 2. The molecule has 29 heavy (non-hydrogen) atoms. The van der Waals surface area contributed by atoms with Crippen molar-refractivity contribution in [2.24, 2.45) is 0 Å². The van der Waals surface area contributed by atoms with E-state index in [-0.39, 0.29) is 5.75 Å². The van der Waals surface area contributed by atoms with Crippen LogP contribution in [0.3, 0.4) is 0 Å². The van der Waals surface area contributed by atoms with Crippen molar-refractivity contribution < 1.29 is 27.5 Å². The van der Waals surface area contributed by atoms with Gasteiger partial charge in [0.2, 0.25) is 5.88 Å². The summed E-state index contributed by atoms with van der Waals surface area (Å²) in [5.74, 6) is 0.507. The summed E-state index contributed by atoms with van der Waals surface area (Å²) in [5, 5.41) is 6.70. The van der Waals surface area contributed by atoms with Crippen molar-refractivity contribution in [2.45, 2.75) is 18.9 Å². The Morgan fingerprint density at radius 2 is 1.79 bits per heavy atom. The Kier molecular flexibility index (Phi) is 4.63. The highest BCUT2D eigenvalue weighted by Crippen LogP contribution is 2.34. The van der Waals surface area contributed by atoms with Crippen LogP contribution in [0.25, 0.3) is 11.4 Å². The largest absolute Gasteiger partial charge is 0.573 e. The first-order valence-corrected chi connectivity index (χ1v) is 8.48. The van der Waals surface area contributed by atoms with E-state index in [9.17, 15) is 13.2 Å². The summed E-state index contributed by atoms with van der Waals surface area (Å²) in [6.07, 6.45) is 0.125. The third kappa shape index (κ3) is 4.32. The Morgan fingerprint density at radius 3 is 2.41 bits per heavy atom. The molecule has 150 valence electrons. The van der Waals surface area contributed by atoms with E-state index in [1.807, 2.05) is 0 Å². The molecule has 7 nitrogen and oxygen atoms in total. The lowest BCUT2D eigenvalue weighted by molar-refractivity contribution is -0.274. The number of benzene rings is 1. The molecular weight excluding hydrogens is 389 g/mol. The normalized spacial score (nSPS) is 18.8. The molecule has 0 spiro atoms. The van der Waals surface area contributed by atoms with Gasteiger partial charge in [0.25, 0.3) is 0 Å². The van der Waals surface area contributed by atoms with E-state index < -0.39 is 12.0 Å². The molecule has 1 aromatic carbocycles. The molecule has 1 atom stereocenters. The summed E-state index contributed by atoms with van der Waals surface area (Å²) < 4.78 is 46.5. The van der Waals surface area contributed by atoms with E-state index >= 15 is 0 Å². The molecule has 0 fully saturated rings. The van der Waals surface area contributed by atoms with Crippen molar-refractivity contribution in [3.63, 3.8) is 0 Å². The monoisotopic (exact) mass is 404 g/mol. The second-order valence-corrected chi connectivity index (χ2v) is 6.34. The van der Waals surface area contributed by atoms with Crippen LogP contribution >= 0.6 is 0 Å². The zero-order valence-electron chi connectivity index (χ0n) is 15.0. The van der Waals surface area contributed by atoms with Crippen molar-refractivity contribution in [1.82, 2.24) is 20.7 Å². The molecule has 4 rings (SSSR count). The zero-order chi connectivity index (χ0) is 20.5. The fraction of sp³-hybridized carbons (Fsp3) is 0.158. The highest BCUT2D eigenvalue weighted by atomic mass is 19.4. The molecule has 0 bridgehead atoms. The Hall–Kier alpha value is -3.53. The lowest BCUT2D eigenvalue weighted by Gasteiger charge is -2.20. The van der Waals surface area contributed by atoms with Crippen molar-refractivity contribution in [3.05, 3.63) is 72.4 Å². The number of hydrogen-bond acceptors (Lipinski definition) is 6. The summed E-state index contributed by atoms with van der Waals surface area (Å²) in [7, 11) is 0. The molecule has 3 aromatic rings. The van der Waals surface area contributed by atoms with Crippen LogP contribution in [0.15, 0.2) is 66.8 Å². The molecule has 3 heterocycles. The van der Waals surface area contributed by atoms with E-state index in [1.165, 1.54) is 24.3 Å². The molecule has 2 N–H and O–H groups in total. The number of nitrogens with zero attached hydrogens (tertiary/aromatic N) is 2. The van der Waals surface area contributed by atoms with E-state index in [2.05, 4.69) is 25.4 Å². The highest BCUT2D eigenvalue weighted by Gasteiger charge is 2.34. The van der Waals surface area contributed by atoms with Crippen LogP contribution in [-0.4, -0.2) is 21.5 Å². The fourth-order valence-corrected chi connectivity index (χ4v) is 2.77. The first kappa shape index (κ1) is 18.8. The van der Waals surface area contributed by atoms with Gasteiger partial charge in [-0.15, -0.1) is 13.2 Å². The van der Waals surface area contributed by atoms with Gasteiger partial charge in [-0.3, -0.25) is 14.9 Å². The summed E-state index contributed by atoms with van der Waals surface area (Å²) in [6, 6.07) is 10.7. The first-order valence-electron chi connectivity index (χ1n) is 8.48. The van der Waals surface area contributed by atoms with E-state index in [4.69, 9.17) is 9.57 Å². The molecule has 0 saturated heterocycles. The lowest BCUT2D eigenvalue weighted by Crippen LogP contribution is -2.23. The molecular formula is C19H15F3N4O3. The molecule has 0 radical (unpaired) electrons. The number of aromatic nitrogens is 3. The number of hydroxylamine groups is 1. The van der Waals surface area contributed by atoms with Gasteiger partial charge in [-0.1, -0.05) is 12.1 Å². The topological polar surface area (TPSA) is 81.3 Å². The molecule has 0 amide bonds. The van der Waals surface area contributed by atoms with Crippen LogP contribution in [0.4, 0.5) is 13.2 Å². The van der Waals surface area contributed by atoms with Crippen LogP contribution in [0, 0.1) is 0 Å². The number of rotatable bonds is 5. The van der Waals surface area contributed by atoms with Crippen LogP contribution in [0.5, 0.6) is 11.5 Å². The van der Waals surface area contributed by atoms with Gasteiger partial charge in [-0.2, -0.15) is 5.10 Å². The van der Waals surface area contributed by atoms with Gasteiger partial charge in [0.15, 0.2) is 0 Å². The van der Waals surface area contributed by atoms with Gasteiger partial charge in [-0.05, 0) is 42.8 Å². The van der Waals surface area contributed by atoms with Gasteiger partial charge in [0.05, 0.1) is 17.6 Å². The molecule has 0 saturated carbocycles. The smallest absolute Gasteiger partial charge is 0.438 e. The number of nitrogens with one attached hydrogen (secondary N) is 2. The Morgan fingerprint density at radius 1 is 1.03 bits per heavy atom. The van der Waals surface area contributed by atoms with Crippen molar-refractivity contribution in [1.29, 1.82) is 0 Å². The SMILES string of the molecule is CC1(c2ccc(OC(F)(F)F)cc2)C=C(Oc2ccc(-c3ccn[nH]3)nc2)NO1. The Bertz CT molecular complexity index is 1000. The lowest BCUT2D eigenvalue weighted by atomic mass is 9.96. The molecule has 1 aliphatic rings. The minimum Gasteiger partial charge on any atom is -0.438 e. The maximum atomic E-state index is 12.3. The fourth-order valence-electron chi connectivity index (χ4n) is 2.77. The number of ether oxygens (including phenoxy) is 2. The van der Waals surface area contributed by atoms with Gasteiger partial charge < -0.3 is 9.47 Å². The van der Waals surface area contributed by atoms with E-state index in [1.54, 1.807) is 43.6 Å². The maximum Gasteiger partial charge on any atom is 0.573 e. The maximum absolute atomic E-state index is 12.3. The first-order chi connectivity index (χ1) is 13.8. The average molecular weight is 404 g/mol. The summed E-state index contributed by atoms with van der Waals surface area (Å²) in [5.41, 5.74) is 3.85. The number of alkyl halides is 3. The third-order valence-corrected chi connectivity index (χ3v) is 4.17. The highest BCUT2D eigenvalue weighted by molar-refractivity contribution is 5.53.